The quantitative estimate of drug-likeness (QED) is 0.851. The average molecular weight is 322 g/mol. The normalized spacial score (nSPS) is 11.0. The Morgan fingerprint density at radius 3 is 2.27 bits per heavy atom. The van der Waals surface area contributed by atoms with Crippen molar-refractivity contribution >= 4 is 16.1 Å². The minimum Gasteiger partial charge on any atom is -0.496 e. The monoisotopic (exact) mass is 322 g/mol. The first kappa shape index (κ1) is 15.8. The minimum absolute atomic E-state index is 0.0711. The Balaban J connectivity index is 2.39. The summed E-state index contributed by atoms with van der Waals surface area (Å²) in [5, 5.41) is 9.09. The standard InChI is InChI=1S/C15H14O6S/c1-10-3-5-11(6-4-10)21-22(18,19)12-7-8-14(20-2)13(9-12)15(16)17/h3-9H,1-2H3,(H,16,17). The molecule has 2 rings (SSSR count). The van der Waals surface area contributed by atoms with E-state index in [1.807, 2.05) is 6.92 Å². The lowest BCUT2D eigenvalue weighted by molar-refractivity contribution is 0.0693. The third-order valence-corrected chi connectivity index (χ3v) is 4.16. The van der Waals surface area contributed by atoms with Crippen LogP contribution in [0.4, 0.5) is 0 Å². The summed E-state index contributed by atoms with van der Waals surface area (Å²) < 4.78 is 34.3. The van der Waals surface area contributed by atoms with Crippen LogP contribution in [0.25, 0.3) is 0 Å². The fraction of sp³-hybridized carbons (Fsp3) is 0.133. The molecule has 0 aliphatic heterocycles. The molecule has 2 aromatic rings. The molecule has 7 heteroatoms. The lowest BCUT2D eigenvalue weighted by Gasteiger charge is -2.10. The van der Waals surface area contributed by atoms with E-state index in [-0.39, 0.29) is 22.0 Å². The van der Waals surface area contributed by atoms with Crippen molar-refractivity contribution in [3.05, 3.63) is 53.6 Å². The summed E-state index contributed by atoms with van der Waals surface area (Å²) in [4.78, 5) is 10.9. The van der Waals surface area contributed by atoms with Gasteiger partial charge in [0, 0.05) is 0 Å². The van der Waals surface area contributed by atoms with Crippen LogP contribution in [0.2, 0.25) is 0 Å². The van der Waals surface area contributed by atoms with E-state index in [4.69, 9.17) is 14.0 Å². The maximum absolute atomic E-state index is 12.2. The minimum atomic E-state index is -4.13. The van der Waals surface area contributed by atoms with Crippen LogP contribution < -0.4 is 8.92 Å². The van der Waals surface area contributed by atoms with Gasteiger partial charge in [0.2, 0.25) is 0 Å². The Morgan fingerprint density at radius 2 is 1.73 bits per heavy atom. The van der Waals surface area contributed by atoms with Gasteiger partial charge >= 0.3 is 16.1 Å². The van der Waals surface area contributed by atoms with E-state index in [0.29, 0.717) is 0 Å². The van der Waals surface area contributed by atoms with Crippen molar-refractivity contribution in [2.75, 3.05) is 7.11 Å². The average Bonchev–Trinajstić information content (AvgIpc) is 2.48. The summed E-state index contributed by atoms with van der Waals surface area (Å²) >= 11 is 0. The molecule has 0 fully saturated rings. The van der Waals surface area contributed by atoms with Crippen LogP contribution in [0.15, 0.2) is 47.4 Å². The second kappa shape index (κ2) is 6.07. The van der Waals surface area contributed by atoms with Crippen LogP contribution in [-0.2, 0) is 10.1 Å². The van der Waals surface area contributed by atoms with E-state index in [1.54, 1.807) is 12.1 Å². The number of carboxylic acids is 1. The zero-order valence-corrected chi connectivity index (χ0v) is 12.8. The number of rotatable bonds is 5. The number of aryl methyl sites for hydroxylation is 1. The first-order chi connectivity index (χ1) is 10.3. The van der Waals surface area contributed by atoms with Crippen molar-refractivity contribution in [1.82, 2.24) is 0 Å². The van der Waals surface area contributed by atoms with Crippen molar-refractivity contribution in [1.29, 1.82) is 0 Å². The fourth-order valence-electron chi connectivity index (χ4n) is 1.78. The number of hydrogen-bond acceptors (Lipinski definition) is 5. The van der Waals surface area contributed by atoms with Gasteiger partial charge in [-0.3, -0.25) is 0 Å². The van der Waals surface area contributed by atoms with Crippen LogP contribution in [0.3, 0.4) is 0 Å². The molecule has 0 aromatic heterocycles. The molecule has 0 spiro atoms. The van der Waals surface area contributed by atoms with Crippen LogP contribution in [0, 0.1) is 6.92 Å². The molecule has 0 unspecified atom stereocenters. The molecule has 0 aliphatic carbocycles. The molecular formula is C15H14O6S. The lowest BCUT2D eigenvalue weighted by Crippen LogP contribution is -2.11. The third-order valence-electron chi connectivity index (χ3n) is 2.92. The van der Waals surface area contributed by atoms with E-state index in [1.165, 1.54) is 31.4 Å². The SMILES string of the molecule is COc1ccc(S(=O)(=O)Oc2ccc(C)cc2)cc1C(=O)O. The summed E-state index contributed by atoms with van der Waals surface area (Å²) in [5.74, 6) is -1.07. The molecule has 1 N–H and O–H groups in total. The number of methoxy groups -OCH3 is 1. The van der Waals surface area contributed by atoms with E-state index >= 15 is 0 Å². The molecular weight excluding hydrogens is 308 g/mol. The van der Waals surface area contributed by atoms with Crippen molar-refractivity contribution in [2.45, 2.75) is 11.8 Å². The number of ether oxygens (including phenoxy) is 1. The van der Waals surface area contributed by atoms with Gasteiger partial charge in [-0.1, -0.05) is 17.7 Å². The summed E-state index contributed by atoms with van der Waals surface area (Å²) in [7, 11) is -2.82. The predicted molar refractivity (Wildman–Crippen MR) is 78.9 cm³/mol. The zero-order chi connectivity index (χ0) is 16.3. The molecule has 0 heterocycles. The third kappa shape index (κ3) is 3.37. The molecule has 2 aromatic carbocycles. The Hall–Kier alpha value is -2.54. The highest BCUT2D eigenvalue weighted by Crippen LogP contribution is 2.25. The smallest absolute Gasteiger partial charge is 0.339 e. The molecule has 0 radical (unpaired) electrons. The zero-order valence-electron chi connectivity index (χ0n) is 11.9. The van der Waals surface area contributed by atoms with Gasteiger partial charge in [-0.05, 0) is 37.3 Å². The van der Waals surface area contributed by atoms with E-state index in [9.17, 15) is 13.2 Å². The molecule has 0 bridgehead atoms. The summed E-state index contributed by atoms with van der Waals surface area (Å²) in [6, 6.07) is 9.97. The summed E-state index contributed by atoms with van der Waals surface area (Å²) in [5.41, 5.74) is 0.707. The molecule has 0 saturated heterocycles. The summed E-state index contributed by atoms with van der Waals surface area (Å²) in [6.45, 7) is 1.86. The maximum atomic E-state index is 12.2. The van der Waals surface area contributed by atoms with Crippen LogP contribution in [-0.4, -0.2) is 26.6 Å². The fourth-order valence-corrected chi connectivity index (χ4v) is 2.74. The van der Waals surface area contributed by atoms with Gasteiger partial charge in [0.05, 0.1) is 7.11 Å². The number of benzene rings is 2. The molecule has 0 saturated carbocycles. The first-order valence-electron chi connectivity index (χ1n) is 6.26. The van der Waals surface area contributed by atoms with Gasteiger partial charge in [0.1, 0.15) is 22.0 Å². The summed E-state index contributed by atoms with van der Waals surface area (Å²) in [6.07, 6.45) is 0. The number of hydrogen-bond donors (Lipinski definition) is 1. The second-order valence-corrected chi connectivity index (χ2v) is 6.06. The van der Waals surface area contributed by atoms with Gasteiger partial charge in [0.25, 0.3) is 0 Å². The van der Waals surface area contributed by atoms with E-state index in [2.05, 4.69) is 0 Å². The second-order valence-electron chi connectivity index (χ2n) is 4.52. The van der Waals surface area contributed by atoms with Gasteiger partial charge < -0.3 is 14.0 Å². The predicted octanol–water partition coefficient (Wildman–Crippen LogP) is 2.47. The van der Waals surface area contributed by atoms with Gasteiger partial charge in [-0.25, -0.2) is 4.79 Å². The Labute approximate surface area is 128 Å². The number of aromatic carboxylic acids is 1. The van der Waals surface area contributed by atoms with Gasteiger partial charge in [-0.15, -0.1) is 0 Å². The molecule has 0 aliphatic rings. The van der Waals surface area contributed by atoms with Crippen LogP contribution in [0.1, 0.15) is 15.9 Å². The highest BCUT2D eigenvalue weighted by atomic mass is 32.2. The van der Waals surface area contributed by atoms with Gasteiger partial charge in [0.15, 0.2) is 0 Å². The Morgan fingerprint density at radius 1 is 1.09 bits per heavy atom. The van der Waals surface area contributed by atoms with Gasteiger partial charge in [-0.2, -0.15) is 8.42 Å². The van der Waals surface area contributed by atoms with E-state index < -0.39 is 16.1 Å². The molecule has 0 amide bonds. The molecule has 116 valence electrons. The van der Waals surface area contributed by atoms with Crippen molar-refractivity contribution < 1.29 is 27.2 Å². The topological polar surface area (TPSA) is 89.9 Å². The largest absolute Gasteiger partial charge is 0.496 e. The highest BCUT2D eigenvalue weighted by Gasteiger charge is 2.21. The maximum Gasteiger partial charge on any atom is 0.339 e. The molecule has 6 nitrogen and oxygen atoms in total. The van der Waals surface area contributed by atoms with Crippen molar-refractivity contribution in [3.63, 3.8) is 0 Å². The number of carboxylic acid groups (broad SMARTS) is 1. The number of carbonyl (C=O) groups is 1. The molecule has 22 heavy (non-hydrogen) atoms. The Bertz CT molecular complexity index is 793. The van der Waals surface area contributed by atoms with Crippen molar-refractivity contribution in [3.8, 4) is 11.5 Å². The molecule has 0 atom stereocenters. The van der Waals surface area contributed by atoms with Crippen LogP contribution >= 0.6 is 0 Å². The first-order valence-corrected chi connectivity index (χ1v) is 7.67. The lowest BCUT2D eigenvalue weighted by atomic mass is 10.2. The highest BCUT2D eigenvalue weighted by molar-refractivity contribution is 7.87. The Kier molecular flexibility index (Phi) is 4.37. The van der Waals surface area contributed by atoms with Crippen molar-refractivity contribution in [2.24, 2.45) is 0 Å². The van der Waals surface area contributed by atoms with E-state index in [0.717, 1.165) is 11.6 Å². The van der Waals surface area contributed by atoms with Crippen LogP contribution in [0.5, 0.6) is 11.5 Å².